The van der Waals surface area contributed by atoms with Crippen LogP contribution in [0.25, 0.3) is 0 Å². The van der Waals surface area contributed by atoms with E-state index in [1.807, 2.05) is 4.90 Å². The van der Waals surface area contributed by atoms with E-state index in [1.165, 1.54) is 25.7 Å². The van der Waals surface area contributed by atoms with Gasteiger partial charge in [-0.15, -0.1) is 0 Å². The molecule has 1 fully saturated rings. The van der Waals surface area contributed by atoms with Gasteiger partial charge in [0, 0.05) is 0 Å². The predicted molar refractivity (Wildman–Crippen MR) is 42.6 cm³/mol. The van der Waals surface area contributed by atoms with E-state index in [-0.39, 0.29) is 0 Å². The Bertz CT molecular complexity index is 198. The highest BCUT2D eigenvalue weighted by Gasteiger charge is 2.29. The van der Waals surface area contributed by atoms with Crippen LogP contribution in [-0.4, -0.2) is 17.0 Å². The monoisotopic (exact) mass is 148 g/mol. The lowest BCUT2D eigenvalue weighted by molar-refractivity contribution is 0.314. The molecule has 2 nitrogen and oxygen atoms in total. The average Bonchev–Trinajstić information content (AvgIpc) is 2.23. The molecule has 2 unspecified atom stereocenters. The molecule has 0 aromatic heterocycles. The number of rotatable bonds is 0. The maximum Gasteiger partial charge on any atom is 0.180 e. The molecule has 58 valence electrons. The minimum Gasteiger partial charge on any atom is -0.297 e. The SMILES string of the molecule is N#CN1C2C=CC1CCCC2. The van der Waals surface area contributed by atoms with Crippen molar-refractivity contribution in [3.63, 3.8) is 0 Å². The van der Waals surface area contributed by atoms with Crippen LogP contribution in [-0.2, 0) is 0 Å². The Labute approximate surface area is 67.1 Å². The molecule has 0 aromatic rings. The highest BCUT2D eigenvalue weighted by Crippen LogP contribution is 2.27. The van der Waals surface area contributed by atoms with Gasteiger partial charge in [-0.05, 0) is 12.8 Å². The normalized spacial score (nSPS) is 35.0. The summed E-state index contributed by atoms with van der Waals surface area (Å²) < 4.78 is 0. The van der Waals surface area contributed by atoms with E-state index < -0.39 is 0 Å². The molecule has 0 aromatic carbocycles. The van der Waals surface area contributed by atoms with Crippen molar-refractivity contribution in [2.45, 2.75) is 37.8 Å². The third-order valence-electron chi connectivity index (χ3n) is 2.64. The van der Waals surface area contributed by atoms with E-state index >= 15 is 0 Å². The van der Waals surface area contributed by atoms with Crippen molar-refractivity contribution in [3.05, 3.63) is 12.2 Å². The van der Waals surface area contributed by atoms with E-state index in [0.29, 0.717) is 12.1 Å². The van der Waals surface area contributed by atoms with Crippen molar-refractivity contribution in [1.29, 1.82) is 5.26 Å². The fourth-order valence-corrected chi connectivity index (χ4v) is 2.01. The predicted octanol–water partition coefficient (Wildman–Crippen LogP) is 1.65. The van der Waals surface area contributed by atoms with Gasteiger partial charge in [0.15, 0.2) is 6.19 Å². The molecule has 11 heavy (non-hydrogen) atoms. The van der Waals surface area contributed by atoms with Gasteiger partial charge in [0.1, 0.15) is 0 Å². The standard InChI is InChI=1S/C9H12N2/c10-7-11-8-3-1-2-4-9(11)6-5-8/h5-6,8-9H,1-4H2. The highest BCUT2D eigenvalue weighted by molar-refractivity contribution is 5.14. The Morgan fingerprint density at radius 3 is 2.18 bits per heavy atom. The topological polar surface area (TPSA) is 27.0 Å². The van der Waals surface area contributed by atoms with E-state index in [4.69, 9.17) is 5.26 Å². The Morgan fingerprint density at radius 2 is 1.73 bits per heavy atom. The smallest absolute Gasteiger partial charge is 0.180 e. The largest absolute Gasteiger partial charge is 0.297 e. The van der Waals surface area contributed by atoms with Crippen LogP contribution >= 0.6 is 0 Å². The molecule has 0 aliphatic carbocycles. The maximum atomic E-state index is 8.83. The third-order valence-corrected chi connectivity index (χ3v) is 2.64. The number of hydrogen-bond acceptors (Lipinski definition) is 2. The highest BCUT2D eigenvalue weighted by atomic mass is 15.2. The van der Waals surface area contributed by atoms with Crippen LogP contribution in [0.4, 0.5) is 0 Å². The summed E-state index contributed by atoms with van der Waals surface area (Å²) in [4.78, 5) is 1.94. The van der Waals surface area contributed by atoms with Crippen LogP contribution in [0.5, 0.6) is 0 Å². The van der Waals surface area contributed by atoms with E-state index in [0.717, 1.165) is 0 Å². The van der Waals surface area contributed by atoms with Crippen LogP contribution in [0.2, 0.25) is 0 Å². The zero-order valence-electron chi connectivity index (χ0n) is 6.53. The zero-order valence-corrected chi connectivity index (χ0v) is 6.53. The first-order chi connectivity index (χ1) is 5.42. The van der Waals surface area contributed by atoms with Gasteiger partial charge in [-0.25, -0.2) is 0 Å². The first-order valence-electron chi connectivity index (χ1n) is 4.28. The maximum absolute atomic E-state index is 8.83. The van der Waals surface area contributed by atoms with Gasteiger partial charge >= 0.3 is 0 Å². The lowest BCUT2D eigenvalue weighted by Crippen LogP contribution is -2.30. The Kier molecular flexibility index (Phi) is 1.58. The number of nitriles is 1. The first kappa shape index (κ1) is 6.72. The molecule has 0 N–H and O–H groups in total. The lowest BCUT2D eigenvalue weighted by Gasteiger charge is -2.20. The lowest BCUT2D eigenvalue weighted by atomic mass is 10.1. The number of hydrogen-bond donors (Lipinski definition) is 0. The molecular weight excluding hydrogens is 136 g/mol. The van der Waals surface area contributed by atoms with Gasteiger partial charge in [0.05, 0.1) is 12.1 Å². The Hall–Kier alpha value is -0.970. The summed E-state index contributed by atoms with van der Waals surface area (Å²) in [5, 5.41) is 8.83. The Balaban J connectivity index is 2.19. The van der Waals surface area contributed by atoms with Crippen LogP contribution in [0.3, 0.4) is 0 Å². The van der Waals surface area contributed by atoms with Crippen molar-refractivity contribution >= 4 is 0 Å². The quantitative estimate of drug-likeness (QED) is 0.386. The molecule has 1 saturated heterocycles. The van der Waals surface area contributed by atoms with Crippen molar-refractivity contribution in [3.8, 4) is 6.19 Å². The molecule has 2 aliphatic heterocycles. The van der Waals surface area contributed by atoms with Crippen molar-refractivity contribution in [1.82, 2.24) is 4.90 Å². The molecule has 2 bridgehead atoms. The van der Waals surface area contributed by atoms with E-state index in [1.54, 1.807) is 0 Å². The Morgan fingerprint density at radius 1 is 1.18 bits per heavy atom. The summed E-state index contributed by atoms with van der Waals surface area (Å²) >= 11 is 0. The summed E-state index contributed by atoms with van der Waals surface area (Å²) in [6.45, 7) is 0. The van der Waals surface area contributed by atoms with E-state index in [2.05, 4.69) is 18.3 Å². The van der Waals surface area contributed by atoms with Gasteiger partial charge in [-0.2, -0.15) is 5.26 Å². The second-order valence-corrected chi connectivity index (χ2v) is 3.31. The summed E-state index contributed by atoms with van der Waals surface area (Å²) in [7, 11) is 0. The van der Waals surface area contributed by atoms with Crippen molar-refractivity contribution < 1.29 is 0 Å². The van der Waals surface area contributed by atoms with Crippen LogP contribution in [0.1, 0.15) is 25.7 Å². The molecule has 2 rings (SSSR count). The molecule has 0 radical (unpaired) electrons. The van der Waals surface area contributed by atoms with Crippen molar-refractivity contribution in [2.75, 3.05) is 0 Å². The van der Waals surface area contributed by atoms with Crippen molar-refractivity contribution in [2.24, 2.45) is 0 Å². The van der Waals surface area contributed by atoms with Crippen LogP contribution in [0.15, 0.2) is 12.2 Å². The first-order valence-corrected chi connectivity index (χ1v) is 4.28. The minimum absolute atomic E-state index is 0.424. The molecule has 0 saturated carbocycles. The number of nitrogens with zero attached hydrogens (tertiary/aromatic N) is 2. The molecule has 2 heterocycles. The van der Waals surface area contributed by atoms with Gasteiger partial charge in [-0.1, -0.05) is 25.0 Å². The average molecular weight is 148 g/mol. The van der Waals surface area contributed by atoms with Crippen LogP contribution < -0.4 is 0 Å². The molecular formula is C9H12N2. The third kappa shape index (κ3) is 1.01. The minimum atomic E-state index is 0.424. The molecule has 2 atom stereocenters. The summed E-state index contributed by atoms with van der Waals surface area (Å²) in [5.74, 6) is 0. The molecule has 0 spiro atoms. The summed E-state index contributed by atoms with van der Waals surface area (Å²) in [6, 6.07) is 0.847. The second-order valence-electron chi connectivity index (χ2n) is 3.31. The number of fused-ring (bicyclic) bond motifs is 2. The fraction of sp³-hybridized carbons (Fsp3) is 0.667. The van der Waals surface area contributed by atoms with Gasteiger partial charge in [-0.3, -0.25) is 4.90 Å². The summed E-state index contributed by atoms with van der Waals surface area (Å²) in [5.41, 5.74) is 0. The fourth-order valence-electron chi connectivity index (χ4n) is 2.01. The summed E-state index contributed by atoms with van der Waals surface area (Å²) in [6.07, 6.45) is 11.5. The van der Waals surface area contributed by atoms with Gasteiger partial charge < -0.3 is 0 Å². The van der Waals surface area contributed by atoms with Gasteiger partial charge in [0.25, 0.3) is 0 Å². The van der Waals surface area contributed by atoms with E-state index in [9.17, 15) is 0 Å². The molecule has 2 heteroatoms. The second kappa shape index (κ2) is 2.58. The van der Waals surface area contributed by atoms with Gasteiger partial charge in [0.2, 0.25) is 0 Å². The zero-order chi connectivity index (χ0) is 7.68. The molecule has 2 aliphatic rings. The molecule has 0 amide bonds. The van der Waals surface area contributed by atoms with Crippen LogP contribution in [0, 0.1) is 11.5 Å².